The molecule has 8 heteroatoms. The fourth-order valence-corrected chi connectivity index (χ4v) is 2.49. The number of hydrogen-bond donors (Lipinski definition) is 4. The van der Waals surface area contributed by atoms with Gasteiger partial charge in [0.25, 0.3) is 11.8 Å². The number of nitrogen functional groups attached to an aromatic ring is 1. The summed E-state index contributed by atoms with van der Waals surface area (Å²) in [6.45, 7) is 0.720. The van der Waals surface area contributed by atoms with E-state index in [4.69, 9.17) is 10.3 Å². The van der Waals surface area contributed by atoms with Gasteiger partial charge in [0.2, 0.25) is 0 Å². The molecule has 0 spiro atoms. The second kappa shape index (κ2) is 8.72. The van der Waals surface area contributed by atoms with Crippen LogP contribution in [-0.4, -0.2) is 35.2 Å². The Hall–Kier alpha value is -3.81. The molecule has 3 rings (SSSR count). The van der Waals surface area contributed by atoms with Crippen LogP contribution in [0.1, 0.15) is 27.3 Å². The van der Waals surface area contributed by atoms with E-state index in [1.165, 1.54) is 18.2 Å². The first-order valence-corrected chi connectivity index (χ1v) is 8.71. The summed E-state index contributed by atoms with van der Waals surface area (Å²) in [5.41, 5.74) is 7.06. The largest absolute Gasteiger partial charge is 0.506 e. The third-order valence-electron chi connectivity index (χ3n) is 4.02. The smallest absolute Gasteiger partial charge is 0.273 e. The van der Waals surface area contributed by atoms with Gasteiger partial charge in [-0.3, -0.25) is 9.59 Å². The van der Waals surface area contributed by atoms with Gasteiger partial charge >= 0.3 is 0 Å². The molecule has 2 aromatic carbocycles. The van der Waals surface area contributed by atoms with Gasteiger partial charge in [0.15, 0.2) is 11.5 Å². The highest BCUT2D eigenvalue weighted by Crippen LogP contribution is 2.21. The zero-order valence-corrected chi connectivity index (χ0v) is 15.0. The van der Waals surface area contributed by atoms with Crippen molar-refractivity contribution in [1.82, 2.24) is 15.8 Å². The fourth-order valence-electron chi connectivity index (χ4n) is 2.49. The van der Waals surface area contributed by atoms with Crippen LogP contribution in [0.2, 0.25) is 0 Å². The number of aromatic nitrogens is 1. The van der Waals surface area contributed by atoms with E-state index >= 15 is 0 Å². The quantitative estimate of drug-likeness (QED) is 0.282. The fraction of sp³-hybridized carbons (Fsp3) is 0.150. The monoisotopic (exact) mass is 380 g/mol. The number of anilines is 1. The SMILES string of the molecule is Nc1ccc(C(=O)NCCCNC(=O)c2cc(-c3ccccc3)on2)cc1O. The lowest BCUT2D eigenvalue weighted by Crippen LogP contribution is -2.30. The lowest BCUT2D eigenvalue weighted by molar-refractivity contribution is 0.0944. The van der Waals surface area contributed by atoms with Crippen molar-refractivity contribution in [2.75, 3.05) is 18.8 Å². The Bertz CT molecular complexity index is 969. The highest BCUT2D eigenvalue weighted by atomic mass is 16.5. The topological polar surface area (TPSA) is 130 Å². The average molecular weight is 380 g/mol. The first-order chi connectivity index (χ1) is 13.5. The van der Waals surface area contributed by atoms with Gasteiger partial charge in [0, 0.05) is 30.3 Å². The number of nitrogens with one attached hydrogen (secondary N) is 2. The molecule has 2 amide bonds. The number of hydrogen-bond acceptors (Lipinski definition) is 6. The predicted molar refractivity (Wildman–Crippen MR) is 104 cm³/mol. The Morgan fingerprint density at radius 1 is 1.00 bits per heavy atom. The Morgan fingerprint density at radius 3 is 2.43 bits per heavy atom. The Kier molecular flexibility index (Phi) is 5.91. The van der Waals surface area contributed by atoms with Crippen molar-refractivity contribution >= 4 is 17.5 Å². The number of amides is 2. The number of carbonyl (C=O) groups is 2. The van der Waals surface area contributed by atoms with Gasteiger partial charge in [-0.1, -0.05) is 35.5 Å². The van der Waals surface area contributed by atoms with E-state index in [0.717, 1.165) is 5.56 Å². The van der Waals surface area contributed by atoms with Crippen molar-refractivity contribution in [3.05, 3.63) is 65.9 Å². The molecule has 0 atom stereocenters. The molecule has 144 valence electrons. The van der Waals surface area contributed by atoms with E-state index in [0.29, 0.717) is 30.8 Å². The van der Waals surface area contributed by atoms with E-state index < -0.39 is 0 Å². The minimum atomic E-state index is -0.347. The molecule has 3 aromatic rings. The lowest BCUT2D eigenvalue weighted by atomic mass is 10.1. The summed E-state index contributed by atoms with van der Waals surface area (Å²) in [5, 5.41) is 18.8. The van der Waals surface area contributed by atoms with Crippen molar-refractivity contribution in [2.24, 2.45) is 0 Å². The summed E-state index contributed by atoms with van der Waals surface area (Å²) in [5.74, 6) is -0.293. The van der Waals surface area contributed by atoms with E-state index in [-0.39, 0.29) is 28.9 Å². The van der Waals surface area contributed by atoms with Crippen LogP contribution < -0.4 is 16.4 Å². The summed E-state index contributed by atoms with van der Waals surface area (Å²) in [6, 6.07) is 15.3. The number of phenols is 1. The number of nitrogens with zero attached hydrogens (tertiary/aromatic N) is 1. The van der Waals surface area contributed by atoms with Crippen LogP contribution in [0, 0.1) is 0 Å². The minimum Gasteiger partial charge on any atom is -0.506 e. The number of rotatable bonds is 7. The second-order valence-electron chi connectivity index (χ2n) is 6.08. The van der Waals surface area contributed by atoms with Gasteiger partial charge in [0.05, 0.1) is 5.69 Å². The maximum absolute atomic E-state index is 12.1. The first kappa shape index (κ1) is 19.0. The molecule has 8 nitrogen and oxygen atoms in total. The predicted octanol–water partition coefficient (Wildman–Crippen LogP) is 2.18. The van der Waals surface area contributed by atoms with Crippen molar-refractivity contribution in [3.8, 4) is 17.1 Å². The van der Waals surface area contributed by atoms with Crippen LogP contribution in [0.25, 0.3) is 11.3 Å². The van der Waals surface area contributed by atoms with Gasteiger partial charge in [-0.15, -0.1) is 0 Å². The van der Waals surface area contributed by atoms with Crippen molar-refractivity contribution < 1.29 is 19.2 Å². The normalized spacial score (nSPS) is 10.4. The third-order valence-corrected chi connectivity index (χ3v) is 4.02. The number of aromatic hydroxyl groups is 1. The molecular weight excluding hydrogens is 360 g/mol. The minimum absolute atomic E-state index is 0.137. The van der Waals surface area contributed by atoms with E-state index in [2.05, 4.69) is 15.8 Å². The van der Waals surface area contributed by atoms with Crippen molar-refractivity contribution in [2.45, 2.75) is 6.42 Å². The summed E-state index contributed by atoms with van der Waals surface area (Å²) in [7, 11) is 0. The molecule has 0 bridgehead atoms. The molecule has 5 N–H and O–H groups in total. The van der Waals surface area contributed by atoms with Crippen LogP contribution in [0.4, 0.5) is 5.69 Å². The van der Waals surface area contributed by atoms with Crippen LogP contribution in [0.3, 0.4) is 0 Å². The molecule has 1 heterocycles. The van der Waals surface area contributed by atoms with Gasteiger partial charge in [-0.2, -0.15) is 0 Å². The number of phenolic OH excluding ortho intramolecular Hbond substituents is 1. The number of nitrogens with two attached hydrogens (primary N) is 1. The Morgan fingerprint density at radius 2 is 1.71 bits per heavy atom. The van der Waals surface area contributed by atoms with Gasteiger partial charge in [-0.05, 0) is 24.6 Å². The standard InChI is InChI=1S/C20H20N4O4/c21-15-8-7-14(11-17(15)25)19(26)22-9-4-10-23-20(27)16-12-18(28-24-16)13-5-2-1-3-6-13/h1-3,5-8,11-12,25H,4,9-10,21H2,(H,22,26)(H,23,27). The van der Waals surface area contributed by atoms with Crippen molar-refractivity contribution in [3.63, 3.8) is 0 Å². The van der Waals surface area contributed by atoms with Crippen LogP contribution in [0.15, 0.2) is 59.1 Å². The van der Waals surface area contributed by atoms with Crippen LogP contribution in [0.5, 0.6) is 5.75 Å². The summed E-state index contributed by atoms with van der Waals surface area (Å²) in [6.07, 6.45) is 0.530. The van der Waals surface area contributed by atoms with Gasteiger partial charge in [0.1, 0.15) is 5.75 Å². The summed E-state index contributed by atoms with van der Waals surface area (Å²) < 4.78 is 5.20. The third kappa shape index (κ3) is 4.67. The summed E-state index contributed by atoms with van der Waals surface area (Å²) in [4.78, 5) is 24.1. The molecule has 0 saturated heterocycles. The Balaban J connectivity index is 1.41. The van der Waals surface area contributed by atoms with Gasteiger partial charge in [-0.25, -0.2) is 0 Å². The number of carbonyl (C=O) groups excluding carboxylic acids is 2. The Labute approximate surface area is 161 Å². The van der Waals surface area contributed by atoms with E-state index in [1.54, 1.807) is 6.07 Å². The molecule has 0 radical (unpaired) electrons. The highest BCUT2D eigenvalue weighted by molar-refractivity contribution is 5.95. The zero-order valence-electron chi connectivity index (χ0n) is 15.0. The molecule has 0 saturated carbocycles. The maximum atomic E-state index is 12.1. The molecule has 0 aliphatic rings. The second-order valence-corrected chi connectivity index (χ2v) is 6.08. The lowest BCUT2D eigenvalue weighted by Gasteiger charge is -2.07. The molecule has 0 aliphatic heterocycles. The van der Waals surface area contributed by atoms with Crippen molar-refractivity contribution in [1.29, 1.82) is 0 Å². The van der Waals surface area contributed by atoms with Crippen LogP contribution in [-0.2, 0) is 0 Å². The molecule has 0 fully saturated rings. The molecule has 0 unspecified atom stereocenters. The first-order valence-electron chi connectivity index (χ1n) is 8.71. The zero-order chi connectivity index (χ0) is 19.9. The number of benzene rings is 2. The molecule has 0 aliphatic carbocycles. The maximum Gasteiger partial charge on any atom is 0.273 e. The molecular formula is C20H20N4O4. The van der Waals surface area contributed by atoms with Crippen LogP contribution >= 0.6 is 0 Å². The van der Waals surface area contributed by atoms with E-state index in [1.807, 2.05) is 30.3 Å². The highest BCUT2D eigenvalue weighted by Gasteiger charge is 2.13. The van der Waals surface area contributed by atoms with Gasteiger partial charge < -0.3 is 26.0 Å². The van der Waals surface area contributed by atoms with E-state index in [9.17, 15) is 14.7 Å². The average Bonchev–Trinajstić information content (AvgIpc) is 3.20. The molecule has 28 heavy (non-hydrogen) atoms. The summed E-state index contributed by atoms with van der Waals surface area (Å²) >= 11 is 0. The molecule has 1 aromatic heterocycles.